The van der Waals surface area contributed by atoms with Crippen LogP contribution in [0, 0.1) is 18.8 Å². The Balaban J connectivity index is 0.000000998. The second-order valence-corrected chi connectivity index (χ2v) is 10.1. The molecule has 3 heterocycles. The Kier molecular flexibility index (Phi) is 12.3. The van der Waals surface area contributed by atoms with Crippen LogP contribution in [0.5, 0.6) is 5.75 Å². The third-order valence-electron chi connectivity index (χ3n) is 6.37. The number of carbonyl (C=O) groups is 1. The van der Waals surface area contributed by atoms with Gasteiger partial charge in [0.2, 0.25) is 0 Å². The van der Waals surface area contributed by atoms with Gasteiger partial charge >= 0.3 is 0 Å². The van der Waals surface area contributed by atoms with Crippen molar-refractivity contribution in [2.45, 2.75) is 61.3 Å². The van der Waals surface area contributed by atoms with Crippen LogP contribution in [0.4, 0.5) is 17.3 Å². The molecule has 0 aliphatic carbocycles. The number of carbonyl (C=O) groups excluding carboxylic acids is 1. The van der Waals surface area contributed by atoms with Crippen molar-refractivity contribution < 1.29 is 9.53 Å². The molecule has 1 aliphatic heterocycles. The Bertz CT molecular complexity index is 1280. The molecule has 2 aromatic heterocycles. The molecule has 3 aromatic rings. The number of ether oxygens (including phenoxy) is 1. The van der Waals surface area contributed by atoms with E-state index in [0.29, 0.717) is 11.8 Å². The average molecular weight is 538 g/mol. The molecule has 8 heteroatoms. The third kappa shape index (κ3) is 8.47. The van der Waals surface area contributed by atoms with E-state index in [1.807, 2.05) is 39.0 Å². The summed E-state index contributed by atoms with van der Waals surface area (Å²) in [6.45, 7) is 16.7. The normalized spacial score (nSPS) is 16.4. The lowest BCUT2D eigenvalue weighted by Crippen LogP contribution is -2.39. The summed E-state index contributed by atoms with van der Waals surface area (Å²) in [6.07, 6.45) is 2.50. The predicted molar refractivity (Wildman–Crippen MR) is 163 cm³/mol. The Hall–Kier alpha value is -3.55. The van der Waals surface area contributed by atoms with Gasteiger partial charge in [-0.25, -0.2) is 4.98 Å². The number of aryl methyl sites for hydroxylation is 2. The van der Waals surface area contributed by atoms with Gasteiger partial charge in [0.1, 0.15) is 11.6 Å². The lowest BCUT2D eigenvalue weighted by molar-refractivity contribution is -0.122. The Morgan fingerprint density at radius 3 is 2.33 bits per heavy atom. The molecule has 0 radical (unpaired) electrons. The summed E-state index contributed by atoms with van der Waals surface area (Å²) in [5.74, 6) is 2.94. The van der Waals surface area contributed by atoms with Crippen molar-refractivity contribution in [3.05, 3.63) is 52.3 Å². The van der Waals surface area contributed by atoms with Crippen LogP contribution in [0.25, 0.3) is 10.9 Å². The zero-order valence-electron chi connectivity index (χ0n) is 25.2. The summed E-state index contributed by atoms with van der Waals surface area (Å²) in [5, 5.41) is 6.76. The van der Waals surface area contributed by atoms with Crippen molar-refractivity contribution in [1.29, 1.82) is 0 Å². The molecule has 2 atom stereocenters. The zero-order valence-corrected chi connectivity index (χ0v) is 25.2. The molecular formula is C31H47N5O3. The Morgan fingerprint density at radius 2 is 1.72 bits per heavy atom. The molecule has 1 aromatic carbocycles. The van der Waals surface area contributed by atoms with Gasteiger partial charge in [-0.2, -0.15) is 0 Å². The minimum absolute atomic E-state index is 0.139. The minimum atomic E-state index is -0.295. The smallest absolute Gasteiger partial charge is 0.293 e. The van der Waals surface area contributed by atoms with Crippen molar-refractivity contribution in [2.75, 3.05) is 37.0 Å². The van der Waals surface area contributed by atoms with E-state index in [1.165, 1.54) is 24.5 Å². The highest BCUT2D eigenvalue weighted by Crippen LogP contribution is 2.29. The maximum Gasteiger partial charge on any atom is 0.293 e. The van der Waals surface area contributed by atoms with Crippen LogP contribution in [0.2, 0.25) is 0 Å². The number of piperidine rings is 1. The van der Waals surface area contributed by atoms with Crippen LogP contribution in [-0.2, 0) is 11.8 Å². The molecule has 214 valence electrons. The highest BCUT2D eigenvalue weighted by molar-refractivity contribution is 5.85. The van der Waals surface area contributed by atoms with E-state index >= 15 is 0 Å². The van der Waals surface area contributed by atoms with Gasteiger partial charge in [0, 0.05) is 38.3 Å². The number of fused-ring (bicyclic) bond motifs is 1. The number of nitrogens with one attached hydrogen (secondary N) is 2. The van der Waals surface area contributed by atoms with Gasteiger partial charge in [0.05, 0.1) is 5.52 Å². The number of hydrogen-bond donors (Lipinski definition) is 2. The first-order chi connectivity index (χ1) is 18.7. The number of rotatable bonds is 6. The van der Waals surface area contributed by atoms with Gasteiger partial charge in [-0.3, -0.25) is 9.59 Å². The maximum absolute atomic E-state index is 12.6. The topological polar surface area (TPSA) is 88.5 Å². The molecule has 0 bridgehead atoms. The zero-order chi connectivity index (χ0) is 29.1. The van der Waals surface area contributed by atoms with Crippen LogP contribution in [-0.4, -0.2) is 42.2 Å². The van der Waals surface area contributed by atoms with Crippen molar-refractivity contribution in [3.63, 3.8) is 0 Å². The molecule has 2 unspecified atom stereocenters. The summed E-state index contributed by atoms with van der Waals surface area (Å²) in [6, 6.07) is 11.7. The third-order valence-corrected chi connectivity index (χ3v) is 6.37. The van der Waals surface area contributed by atoms with Crippen LogP contribution in [0.3, 0.4) is 0 Å². The molecule has 1 amide bonds. The van der Waals surface area contributed by atoms with Crippen LogP contribution < -0.4 is 25.8 Å². The predicted octanol–water partition coefficient (Wildman–Crippen LogP) is 6.04. The SMILES string of the molecule is CC.CCC.CNC(=O)COc1cc2cc(Nc3nc(N4CC(C)CC(C)C4)ccc3C)ccc2n(C)c1=O. The summed E-state index contributed by atoms with van der Waals surface area (Å²) in [5.41, 5.74) is 2.40. The van der Waals surface area contributed by atoms with E-state index in [2.05, 4.69) is 55.4 Å². The molecule has 1 saturated heterocycles. The second kappa shape index (κ2) is 15.1. The van der Waals surface area contributed by atoms with Gasteiger partial charge in [-0.15, -0.1) is 0 Å². The van der Waals surface area contributed by atoms with E-state index in [-0.39, 0.29) is 23.8 Å². The summed E-state index contributed by atoms with van der Waals surface area (Å²) < 4.78 is 7.00. The molecule has 39 heavy (non-hydrogen) atoms. The average Bonchev–Trinajstić information content (AvgIpc) is 2.92. The number of pyridine rings is 2. The number of benzene rings is 1. The van der Waals surface area contributed by atoms with Crippen molar-refractivity contribution in [2.24, 2.45) is 18.9 Å². The van der Waals surface area contributed by atoms with Crippen LogP contribution >= 0.6 is 0 Å². The van der Waals surface area contributed by atoms with Crippen molar-refractivity contribution in [3.8, 4) is 5.75 Å². The van der Waals surface area contributed by atoms with Crippen LogP contribution in [0.1, 0.15) is 59.9 Å². The summed E-state index contributed by atoms with van der Waals surface area (Å²) in [4.78, 5) is 31.5. The standard InChI is InChI=1S/C26H33N5O3.C3H8.C2H6/c1-16-10-17(2)14-31(13-16)23-9-6-18(3)25(29-23)28-20-7-8-21-19(11-20)12-22(26(33)30(21)5)34-15-24(32)27-4;1-3-2;1-2/h6-9,11-12,16-17H,10,13-15H2,1-5H3,(H,27,32)(H,28,29);3H2,1-2H3;1-2H3. The molecule has 0 saturated carbocycles. The number of amides is 1. The Morgan fingerprint density at radius 1 is 1.08 bits per heavy atom. The minimum Gasteiger partial charge on any atom is -0.478 e. The molecule has 1 aliphatic rings. The molecule has 1 fully saturated rings. The molecule has 0 spiro atoms. The lowest BCUT2D eigenvalue weighted by atomic mass is 9.92. The van der Waals surface area contributed by atoms with Crippen LogP contribution in [0.15, 0.2) is 41.2 Å². The number of nitrogens with zero attached hydrogens (tertiary/aromatic N) is 3. The molecule has 8 nitrogen and oxygen atoms in total. The van der Waals surface area contributed by atoms with E-state index in [0.717, 1.165) is 46.9 Å². The first-order valence-electron chi connectivity index (χ1n) is 14.1. The number of hydrogen-bond acceptors (Lipinski definition) is 6. The maximum atomic E-state index is 12.6. The van der Waals surface area contributed by atoms with Gasteiger partial charge < -0.3 is 24.8 Å². The van der Waals surface area contributed by atoms with Crippen molar-refractivity contribution in [1.82, 2.24) is 14.9 Å². The molecule has 2 N–H and O–H groups in total. The fraction of sp³-hybridized carbons (Fsp3) is 0.516. The molecular weight excluding hydrogens is 490 g/mol. The quantitative estimate of drug-likeness (QED) is 0.399. The van der Waals surface area contributed by atoms with E-state index in [9.17, 15) is 9.59 Å². The summed E-state index contributed by atoms with van der Waals surface area (Å²) in [7, 11) is 3.22. The van der Waals surface area contributed by atoms with E-state index < -0.39 is 0 Å². The van der Waals surface area contributed by atoms with Gasteiger partial charge in [-0.05, 0) is 61.1 Å². The largest absolute Gasteiger partial charge is 0.478 e. The molecule has 4 rings (SSSR count). The monoisotopic (exact) mass is 537 g/mol. The second-order valence-electron chi connectivity index (χ2n) is 10.1. The van der Waals surface area contributed by atoms with Gasteiger partial charge in [0.25, 0.3) is 11.5 Å². The number of aromatic nitrogens is 2. The number of anilines is 3. The first kappa shape index (κ1) is 31.7. The Labute approximate surface area is 233 Å². The highest BCUT2D eigenvalue weighted by Gasteiger charge is 2.23. The van der Waals surface area contributed by atoms with Crippen molar-refractivity contribution >= 4 is 34.1 Å². The fourth-order valence-corrected chi connectivity index (χ4v) is 4.66. The lowest BCUT2D eigenvalue weighted by Gasteiger charge is -2.36. The van der Waals surface area contributed by atoms with Gasteiger partial charge in [-0.1, -0.05) is 54.0 Å². The summed E-state index contributed by atoms with van der Waals surface area (Å²) >= 11 is 0. The van der Waals surface area contributed by atoms with E-state index in [1.54, 1.807) is 13.1 Å². The highest BCUT2D eigenvalue weighted by atomic mass is 16.5. The van der Waals surface area contributed by atoms with Gasteiger partial charge in [0.15, 0.2) is 12.4 Å². The number of likely N-dealkylation sites (N-methyl/N-ethyl adjacent to an activating group) is 1. The first-order valence-corrected chi connectivity index (χ1v) is 14.1. The fourth-order valence-electron chi connectivity index (χ4n) is 4.66. The van der Waals surface area contributed by atoms with E-state index in [4.69, 9.17) is 9.72 Å².